The van der Waals surface area contributed by atoms with Crippen LogP contribution in [0.3, 0.4) is 0 Å². The number of nitrogens with one attached hydrogen (secondary N) is 4. The normalized spacial score (nSPS) is 22.2. The van der Waals surface area contributed by atoms with Crippen LogP contribution in [-0.4, -0.2) is 81.4 Å². The van der Waals surface area contributed by atoms with E-state index < -0.39 is 16.1 Å². The molecule has 0 aliphatic heterocycles. The maximum atomic E-state index is 8.90. The first-order chi connectivity index (χ1) is 27.5. The molecule has 6 atom stereocenters. The molecule has 6 N–H and O–H groups in total. The zero-order valence-corrected chi connectivity index (χ0v) is 37.8. The molecule has 0 bridgehead atoms. The van der Waals surface area contributed by atoms with Crippen molar-refractivity contribution in [3.63, 3.8) is 0 Å². The first-order valence-electron chi connectivity index (χ1n) is 20.8. The highest BCUT2D eigenvalue weighted by Gasteiger charge is 2.37. The van der Waals surface area contributed by atoms with Crippen molar-refractivity contribution in [3.05, 3.63) is 58.3 Å². The molecule has 6 unspecified atom stereocenters. The SMILES string of the molecule is CCC1CC(N)CC1C(=N)n1c(=N)cnc2c1ccn2COCC[Si](C)(C)C.CCC1CC(N=[N+]=[N-])CC1C(=N)n1c(=N)cnc2c1ccn2COCC[Si](C)(C)C. The van der Waals surface area contributed by atoms with E-state index in [4.69, 9.17) is 42.4 Å². The Kier molecular flexibility index (Phi) is 14.9. The number of azide groups is 1. The Hall–Kier alpha value is -4.20. The lowest BCUT2D eigenvalue weighted by atomic mass is 9.92. The van der Waals surface area contributed by atoms with Crippen molar-refractivity contribution in [2.45, 2.75) is 129 Å². The lowest BCUT2D eigenvalue weighted by Crippen LogP contribution is -2.34. The standard InChI is InChI=1S/C20H32N8OSi.C20H34N6OSi/c1-5-14-10-15(25-26-23)11-16(14)19(22)28-17-6-7-27(20(17)24-12-18(28)21)13-29-8-9-30(2,3)4;1-5-14-10-15(21)11-16(14)19(23)26-17-6-7-25(20(17)24-12-18(26)22)13-27-8-9-28(2,3)4/h6-7,12,14-16,21-22H,5,8-11,13H2,1-4H3;6-7,12,14-16,22-23H,5,8-11,13,21H2,1-4H3. The van der Waals surface area contributed by atoms with E-state index in [2.05, 4.69) is 73.1 Å². The van der Waals surface area contributed by atoms with E-state index >= 15 is 0 Å². The Labute approximate surface area is 343 Å². The van der Waals surface area contributed by atoms with Crippen LogP contribution in [0.2, 0.25) is 51.4 Å². The Bertz CT molecular complexity index is 2220. The third-order valence-corrected chi connectivity index (χ3v) is 15.1. The van der Waals surface area contributed by atoms with Crippen LogP contribution in [0, 0.1) is 45.3 Å². The molecule has 4 heterocycles. The van der Waals surface area contributed by atoms with E-state index in [1.807, 2.05) is 33.7 Å². The molecule has 0 amide bonds. The summed E-state index contributed by atoms with van der Waals surface area (Å²) in [5.74, 6) is 1.58. The molecule has 4 aromatic rings. The number of ether oxygens (including phenoxy) is 2. The van der Waals surface area contributed by atoms with Gasteiger partial charge in [0.15, 0.2) is 11.3 Å². The molecular formula is C40H66N14O2Si2. The summed E-state index contributed by atoms with van der Waals surface area (Å²) >= 11 is 0. The molecule has 16 nitrogen and oxygen atoms in total. The van der Waals surface area contributed by atoms with Gasteiger partial charge in [0.25, 0.3) is 0 Å². The highest BCUT2D eigenvalue weighted by atomic mass is 28.3. The summed E-state index contributed by atoms with van der Waals surface area (Å²) in [6.07, 6.45) is 12.0. The second-order valence-electron chi connectivity index (χ2n) is 18.5. The predicted molar refractivity (Wildman–Crippen MR) is 236 cm³/mol. The third kappa shape index (κ3) is 10.9. The third-order valence-electron chi connectivity index (χ3n) is 11.7. The topological polar surface area (TPSA) is 234 Å². The average molecular weight is 831 g/mol. The van der Waals surface area contributed by atoms with Crippen LogP contribution < -0.4 is 16.7 Å². The van der Waals surface area contributed by atoms with Gasteiger partial charge < -0.3 is 24.3 Å². The molecule has 2 aliphatic rings. The lowest BCUT2D eigenvalue weighted by molar-refractivity contribution is 0.0897. The van der Waals surface area contributed by atoms with Crippen molar-refractivity contribution >= 4 is 50.1 Å². The molecule has 316 valence electrons. The highest BCUT2D eigenvalue weighted by molar-refractivity contribution is 6.76. The van der Waals surface area contributed by atoms with E-state index in [1.54, 1.807) is 9.13 Å². The van der Waals surface area contributed by atoms with Gasteiger partial charge in [-0.15, -0.1) is 0 Å². The van der Waals surface area contributed by atoms with Gasteiger partial charge in [-0.05, 0) is 67.3 Å². The van der Waals surface area contributed by atoms with Crippen molar-refractivity contribution in [2.75, 3.05) is 13.2 Å². The van der Waals surface area contributed by atoms with Gasteiger partial charge in [-0.3, -0.25) is 30.8 Å². The van der Waals surface area contributed by atoms with Gasteiger partial charge in [0.05, 0.1) is 23.4 Å². The number of hydrogen-bond donors (Lipinski definition) is 5. The minimum absolute atomic E-state index is 0.0402. The van der Waals surface area contributed by atoms with E-state index in [-0.39, 0.29) is 40.8 Å². The first kappa shape index (κ1) is 44.9. The van der Waals surface area contributed by atoms with E-state index in [0.29, 0.717) is 43.1 Å². The van der Waals surface area contributed by atoms with Gasteiger partial charge in [-0.1, -0.05) is 71.1 Å². The van der Waals surface area contributed by atoms with Gasteiger partial charge in [0.2, 0.25) is 0 Å². The van der Waals surface area contributed by atoms with Crippen LogP contribution in [0.25, 0.3) is 32.8 Å². The Morgan fingerprint density at radius 2 is 1.22 bits per heavy atom. The summed E-state index contributed by atoms with van der Waals surface area (Å²) in [7, 11) is -2.25. The Morgan fingerprint density at radius 3 is 1.66 bits per heavy atom. The number of nitrogens with zero attached hydrogens (tertiary/aromatic N) is 9. The molecule has 2 saturated carbocycles. The first-order valence-corrected chi connectivity index (χ1v) is 28.2. The van der Waals surface area contributed by atoms with Crippen LogP contribution in [0.1, 0.15) is 52.4 Å². The number of nitrogens with two attached hydrogens (primary N) is 1. The molecule has 2 aliphatic carbocycles. The van der Waals surface area contributed by atoms with Gasteiger partial charge in [-0.25, -0.2) is 9.97 Å². The van der Waals surface area contributed by atoms with Crippen molar-refractivity contribution in [1.82, 2.24) is 28.2 Å². The van der Waals surface area contributed by atoms with Crippen LogP contribution >= 0.6 is 0 Å². The zero-order chi connectivity index (χ0) is 42.4. The number of fused-ring (bicyclic) bond motifs is 2. The van der Waals surface area contributed by atoms with E-state index in [0.717, 1.165) is 74.1 Å². The molecular weight excluding hydrogens is 765 g/mol. The van der Waals surface area contributed by atoms with Crippen LogP contribution in [-0.2, 0) is 22.9 Å². The molecule has 6 rings (SSSR count). The predicted octanol–water partition coefficient (Wildman–Crippen LogP) is 7.79. The lowest BCUT2D eigenvalue weighted by Gasteiger charge is -2.21. The zero-order valence-electron chi connectivity index (χ0n) is 35.8. The van der Waals surface area contributed by atoms with Crippen LogP contribution in [0.15, 0.2) is 42.0 Å². The van der Waals surface area contributed by atoms with Gasteiger partial charge >= 0.3 is 0 Å². The van der Waals surface area contributed by atoms with Crippen molar-refractivity contribution in [2.24, 2.45) is 34.5 Å². The fraction of sp³-hybridized carbons (Fsp3) is 0.650. The molecule has 18 heteroatoms. The highest BCUT2D eigenvalue weighted by Crippen LogP contribution is 2.38. The van der Waals surface area contributed by atoms with Crippen molar-refractivity contribution in [1.29, 1.82) is 21.6 Å². The summed E-state index contributed by atoms with van der Waals surface area (Å²) in [6, 6.07) is 6.13. The Balaban J connectivity index is 0.000000221. The largest absolute Gasteiger partial charge is 0.361 e. The summed E-state index contributed by atoms with van der Waals surface area (Å²) in [6.45, 7) is 20.6. The second kappa shape index (κ2) is 19.2. The molecule has 4 aromatic heterocycles. The molecule has 0 radical (unpaired) electrons. The minimum atomic E-state index is -1.14. The molecule has 0 spiro atoms. The van der Waals surface area contributed by atoms with Gasteiger partial charge in [0.1, 0.15) is 36.1 Å². The fourth-order valence-corrected chi connectivity index (χ4v) is 9.81. The van der Waals surface area contributed by atoms with Crippen molar-refractivity contribution in [3.8, 4) is 0 Å². The second-order valence-corrected chi connectivity index (χ2v) is 29.8. The van der Waals surface area contributed by atoms with E-state index in [9.17, 15) is 0 Å². The quantitative estimate of drug-likeness (QED) is 0.0153. The monoisotopic (exact) mass is 831 g/mol. The van der Waals surface area contributed by atoms with Crippen LogP contribution in [0.5, 0.6) is 0 Å². The average Bonchev–Trinajstić information content (AvgIpc) is 3.96. The number of hydrogen-bond acceptors (Lipinski definition) is 10. The Morgan fingerprint density at radius 1 is 0.776 bits per heavy atom. The van der Waals surface area contributed by atoms with E-state index in [1.165, 1.54) is 12.4 Å². The summed E-state index contributed by atoms with van der Waals surface area (Å²) < 4.78 is 19.0. The van der Waals surface area contributed by atoms with Gasteiger partial charge in [-0.2, -0.15) is 0 Å². The fourth-order valence-electron chi connectivity index (χ4n) is 8.30. The summed E-state index contributed by atoms with van der Waals surface area (Å²) in [5.41, 5.74) is 18.4. The summed E-state index contributed by atoms with van der Waals surface area (Å²) in [5, 5.41) is 38.4. The molecule has 0 aromatic carbocycles. The molecule has 0 saturated heterocycles. The summed E-state index contributed by atoms with van der Waals surface area (Å²) in [4.78, 5) is 11.9. The smallest absolute Gasteiger partial charge is 0.159 e. The number of rotatable bonds is 15. The number of aromatic nitrogens is 6. The maximum Gasteiger partial charge on any atom is 0.159 e. The van der Waals surface area contributed by atoms with Crippen LogP contribution in [0.4, 0.5) is 0 Å². The van der Waals surface area contributed by atoms with Crippen molar-refractivity contribution < 1.29 is 9.47 Å². The minimum Gasteiger partial charge on any atom is -0.361 e. The molecule has 2 fully saturated rings. The molecule has 58 heavy (non-hydrogen) atoms. The maximum absolute atomic E-state index is 8.90. The van der Waals surface area contributed by atoms with Gasteiger partial charge in [0, 0.05) is 70.6 Å².